The van der Waals surface area contributed by atoms with Crippen LogP contribution in [-0.4, -0.2) is 38.9 Å². The van der Waals surface area contributed by atoms with Crippen LogP contribution in [0.2, 0.25) is 0 Å². The molecule has 1 aliphatic rings. The molecule has 2 amide bonds. The molecule has 9 heteroatoms. The van der Waals surface area contributed by atoms with Crippen LogP contribution in [0.3, 0.4) is 0 Å². The topological polar surface area (TPSA) is 108 Å². The maximum Gasteiger partial charge on any atom is 0.408 e. The summed E-state index contributed by atoms with van der Waals surface area (Å²) in [4.78, 5) is 25.8. The number of anilines is 1. The van der Waals surface area contributed by atoms with Crippen LogP contribution < -0.4 is 14.9 Å². The van der Waals surface area contributed by atoms with Gasteiger partial charge in [0.1, 0.15) is 11.6 Å². The molecule has 1 aliphatic carbocycles. The molecule has 0 heterocycles. The van der Waals surface area contributed by atoms with Gasteiger partial charge in [0.05, 0.1) is 11.7 Å². The van der Waals surface area contributed by atoms with E-state index < -0.39 is 29.0 Å². The summed E-state index contributed by atoms with van der Waals surface area (Å²) < 4.78 is 28.5. The third kappa shape index (κ3) is 8.86. The number of alkyl carbamates (subject to hydrolysis) is 1. The molecule has 37 heavy (non-hydrogen) atoms. The van der Waals surface area contributed by atoms with Gasteiger partial charge in [0, 0.05) is 6.54 Å². The largest absolute Gasteiger partial charge is 0.444 e. The van der Waals surface area contributed by atoms with E-state index >= 15 is 0 Å². The summed E-state index contributed by atoms with van der Waals surface area (Å²) in [6, 6.07) is 14.6. The van der Waals surface area contributed by atoms with Crippen molar-refractivity contribution in [3.63, 3.8) is 0 Å². The van der Waals surface area contributed by atoms with E-state index in [2.05, 4.69) is 16.7 Å². The highest BCUT2D eigenvalue weighted by molar-refractivity contribution is 7.80. The first kappa shape index (κ1) is 28.7. The highest BCUT2D eigenvalue weighted by Crippen LogP contribution is 2.29. The van der Waals surface area contributed by atoms with Crippen molar-refractivity contribution in [2.75, 3.05) is 10.8 Å². The molecule has 0 saturated heterocycles. The van der Waals surface area contributed by atoms with Crippen molar-refractivity contribution in [3.8, 4) is 0 Å². The average Bonchev–Trinajstić information content (AvgIpc) is 2.83. The molecule has 202 valence electrons. The Morgan fingerprint density at radius 1 is 1.14 bits per heavy atom. The number of ether oxygens (including phenoxy) is 1. The third-order valence-electron chi connectivity index (χ3n) is 6.31. The Hall–Kier alpha value is -2.91. The summed E-state index contributed by atoms with van der Waals surface area (Å²) in [5.41, 5.74) is 3.40. The van der Waals surface area contributed by atoms with Gasteiger partial charge in [-0.1, -0.05) is 42.0 Å². The molecule has 3 N–H and O–H groups in total. The molecule has 2 aromatic carbocycles. The summed E-state index contributed by atoms with van der Waals surface area (Å²) >= 11 is -2.17. The fourth-order valence-corrected chi connectivity index (χ4v) is 5.09. The van der Waals surface area contributed by atoms with E-state index in [-0.39, 0.29) is 11.9 Å². The Balaban J connectivity index is 1.64. The predicted molar refractivity (Wildman–Crippen MR) is 147 cm³/mol. The zero-order chi connectivity index (χ0) is 27.0. The SMILES string of the molecule is Cc1ccc(N(CCCCC(NC(=O)OC(C)(C)C)C(=O)NC2CCCc3ccccc32)S(=O)O)cc1. The zero-order valence-electron chi connectivity index (χ0n) is 22.2. The second kappa shape index (κ2) is 13.1. The van der Waals surface area contributed by atoms with Crippen LogP contribution in [-0.2, 0) is 27.2 Å². The number of carbonyl (C=O) groups is 2. The molecule has 0 fully saturated rings. The van der Waals surface area contributed by atoms with Gasteiger partial charge in [0.25, 0.3) is 11.3 Å². The molecular weight excluding hydrogens is 490 g/mol. The normalized spacial score (nSPS) is 16.7. The van der Waals surface area contributed by atoms with E-state index in [1.165, 1.54) is 9.87 Å². The second-order valence-electron chi connectivity index (χ2n) is 10.5. The number of hydrogen-bond acceptors (Lipinski definition) is 4. The Kier molecular flexibility index (Phi) is 10.1. The lowest BCUT2D eigenvalue weighted by Gasteiger charge is -2.29. The molecule has 2 aromatic rings. The summed E-state index contributed by atoms with van der Waals surface area (Å²) in [6.07, 6.45) is 3.68. The van der Waals surface area contributed by atoms with Crippen molar-refractivity contribution in [2.45, 2.75) is 83.9 Å². The van der Waals surface area contributed by atoms with Gasteiger partial charge in [-0.25, -0.2) is 9.00 Å². The molecule has 0 radical (unpaired) electrons. The van der Waals surface area contributed by atoms with E-state index in [0.717, 1.165) is 30.4 Å². The molecule has 0 aliphatic heterocycles. The first-order valence-electron chi connectivity index (χ1n) is 12.9. The van der Waals surface area contributed by atoms with Crippen LogP contribution >= 0.6 is 0 Å². The Labute approximate surface area is 222 Å². The van der Waals surface area contributed by atoms with Crippen LogP contribution in [0.4, 0.5) is 10.5 Å². The number of hydrogen-bond donors (Lipinski definition) is 3. The molecule has 0 bridgehead atoms. The van der Waals surface area contributed by atoms with Gasteiger partial charge in [-0.2, -0.15) is 0 Å². The average molecular weight is 530 g/mol. The Bertz CT molecular complexity index is 1080. The van der Waals surface area contributed by atoms with E-state index in [1.807, 2.05) is 49.4 Å². The maximum atomic E-state index is 13.3. The van der Waals surface area contributed by atoms with Gasteiger partial charge in [0.15, 0.2) is 0 Å². The highest BCUT2D eigenvalue weighted by atomic mass is 32.2. The number of nitrogens with zero attached hydrogens (tertiary/aromatic N) is 1. The number of nitrogens with one attached hydrogen (secondary N) is 2. The number of aryl methyl sites for hydroxylation is 2. The minimum atomic E-state index is -2.17. The van der Waals surface area contributed by atoms with Crippen molar-refractivity contribution in [1.29, 1.82) is 0 Å². The first-order valence-corrected chi connectivity index (χ1v) is 13.9. The lowest BCUT2D eigenvalue weighted by molar-refractivity contribution is -0.124. The van der Waals surface area contributed by atoms with E-state index in [1.54, 1.807) is 20.8 Å². The number of benzene rings is 2. The summed E-state index contributed by atoms with van der Waals surface area (Å²) in [5, 5.41) is 5.87. The predicted octanol–water partition coefficient (Wildman–Crippen LogP) is 5.20. The fourth-order valence-electron chi connectivity index (χ4n) is 4.51. The van der Waals surface area contributed by atoms with Gasteiger partial charge in [-0.05, 0) is 89.5 Å². The van der Waals surface area contributed by atoms with Gasteiger partial charge < -0.3 is 15.4 Å². The summed E-state index contributed by atoms with van der Waals surface area (Å²) in [7, 11) is 0. The highest BCUT2D eigenvalue weighted by Gasteiger charge is 2.28. The Morgan fingerprint density at radius 3 is 2.51 bits per heavy atom. The number of unbranched alkanes of at least 4 members (excludes halogenated alkanes) is 1. The van der Waals surface area contributed by atoms with Crippen molar-refractivity contribution in [1.82, 2.24) is 10.6 Å². The van der Waals surface area contributed by atoms with E-state index in [9.17, 15) is 18.4 Å². The third-order valence-corrected chi connectivity index (χ3v) is 7.08. The molecule has 0 spiro atoms. The quantitative estimate of drug-likeness (QED) is 0.290. The van der Waals surface area contributed by atoms with Gasteiger partial charge >= 0.3 is 6.09 Å². The zero-order valence-corrected chi connectivity index (χ0v) is 23.0. The molecule has 3 rings (SSSR count). The molecule has 0 saturated carbocycles. The summed E-state index contributed by atoms with van der Waals surface area (Å²) in [5.74, 6) is -0.256. The molecule has 8 nitrogen and oxygen atoms in total. The monoisotopic (exact) mass is 529 g/mol. The van der Waals surface area contributed by atoms with E-state index in [0.29, 0.717) is 31.5 Å². The van der Waals surface area contributed by atoms with Crippen molar-refractivity contribution < 1.29 is 23.1 Å². The molecule has 3 atom stereocenters. The minimum absolute atomic E-state index is 0.103. The molecule has 0 aromatic heterocycles. The van der Waals surface area contributed by atoms with Crippen LogP contribution in [0, 0.1) is 6.92 Å². The fraction of sp³-hybridized carbons (Fsp3) is 0.500. The van der Waals surface area contributed by atoms with Gasteiger partial charge in [-0.15, -0.1) is 0 Å². The van der Waals surface area contributed by atoms with Crippen molar-refractivity contribution in [2.24, 2.45) is 0 Å². The van der Waals surface area contributed by atoms with Crippen molar-refractivity contribution >= 4 is 29.0 Å². The van der Waals surface area contributed by atoms with Crippen LogP contribution in [0.25, 0.3) is 0 Å². The van der Waals surface area contributed by atoms with Gasteiger partial charge in [-0.3, -0.25) is 13.7 Å². The number of rotatable bonds is 10. The number of amides is 2. The lowest BCUT2D eigenvalue weighted by atomic mass is 9.87. The van der Waals surface area contributed by atoms with Crippen molar-refractivity contribution in [3.05, 3.63) is 65.2 Å². The first-order chi connectivity index (χ1) is 17.5. The summed E-state index contributed by atoms with van der Waals surface area (Å²) in [6.45, 7) is 7.61. The number of carbonyl (C=O) groups excluding carboxylic acids is 2. The smallest absolute Gasteiger partial charge is 0.408 e. The number of fused-ring (bicyclic) bond motifs is 1. The molecule has 3 unspecified atom stereocenters. The minimum Gasteiger partial charge on any atom is -0.444 e. The van der Waals surface area contributed by atoms with Gasteiger partial charge in [0.2, 0.25) is 5.91 Å². The van der Waals surface area contributed by atoms with Crippen LogP contribution in [0.5, 0.6) is 0 Å². The van der Waals surface area contributed by atoms with E-state index in [4.69, 9.17) is 4.74 Å². The Morgan fingerprint density at radius 2 is 1.84 bits per heavy atom. The van der Waals surface area contributed by atoms with Crippen LogP contribution in [0.15, 0.2) is 48.5 Å². The molecular formula is C28H39N3O5S. The maximum absolute atomic E-state index is 13.3. The second-order valence-corrected chi connectivity index (χ2v) is 11.4. The standard InChI is InChI=1S/C28H39N3O5S/c1-20-15-17-22(18-16-20)31(37(34)35)19-8-7-13-25(30-27(33)36-28(2,3)4)26(32)29-24-14-9-11-21-10-5-6-12-23(21)24/h5-6,10,12,15-18,24-25H,7-9,11,13-14,19H2,1-4H3,(H,29,32)(H,30,33)(H,34,35). The van der Waals surface area contributed by atoms with Crippen LogP contribution in [0.1, 0.15) is 75.6 Å². The lowest BCUT2D eigenvalue weighted by Crippen LogP contribution is -2.49.